The topological polar surface area (TPSA) is 96.3 Å². The normalized spacial score (nSPS) is 12.7. The summed E-state index contributed by atoms with van der Waals surface area (Å²) in [5.41, 5.74) is 1.90. The molecule has 0 fully saturated rings. The zero-order valence-electron chi connectivity index (χ0n) is 12.3. The zero-order chi connectivity index (χ0) is 16.2. The Kier molecular flexibility index (Phi) is 4.52. The summed E-state index contributed by atoms with van der Waals surface area (Å²) < 4.78 is 2.09. The van der Waals surface area contributed by atoms with Crippen molar-refractivity contribution in [2.45, 2.75) is 18.2 Å². The van der Waals surface area contributed by atoms with Gasteiger partial charge in [0, 0.05) is 29.7 Å². The minimum absolute atomic E-state index is 0.192. The number of aryl methyl sites for hydroxylation is 1. The fourth-order valence-corrected chi connectivity index (χ4v) is 3.23. The van der Waals surface area contributed by atoms with Crippen LogP contribution in [0, 0.1) is 0 Å². The number of rotatable bonds is 6. The molecule has 0 saturated heterocycles. The third kappa shape index (κ3) is 3.84. The fourth-order valence-electron chi connectivity index (χ4n) is 2.27. The Bertz CT molecular complexity index is 723. The zero-order valence-corrected chi connectivity index (χ0v) is 13.1. The minimum atomic E-state index is -0.953. The number of carboxylic acid groups (broad SMARTS) is 1. The van der Waals surface area contributed by atoms with Crippen molar-refractivity contribution >= 4 is 29.3 Å². The number of carbonyl (C=O) groups excluding carboxylic acids is 1. The van der Waals surface area contributed by atoms with E-state index in [4.69, 9.17) is 5.11 Å². The molecule has 0 aliphatic carbocycles. The van der Waals surface area contributed by atoms with Crippen LogP contribution in [0.3, 0.4) is 0 Å². The van der Waals surface area contributed by atoms with Crippen LogP contribution in [0.4, 0.5) is 5.69 Å². The van der Waals surface area contributed by atoms with E-state index in [0.717, 1.165) is 23.1 Å². The first-order chi connectivity index (χ1) is 11.1. The second-order valence-electron chi connectivity index (χ2n) is 5.07. The number of imidazole rings is 1. The monoisotopic (exact) mass is 332 g/mol. The van der Waals surface area contributed by atoms with E-state index in [9.17, 15) is 9.59 Å². The molecule has 3 rings (SSSR count). The Morgan fingerprint density at radius 1 is 1.39 bits per heavy atom. The van der Waals surface area contributed by atoms with Crippen LogP contribution < -0.4 is 10.6 Å². The van der Waals surface area contributed by atoms with Crippen LogP contribution >= 0.6 is 11.8 Å². The van der Waals surface area contributed by atoms with E-state index in [1.165, 1.54) is 0 Å². The Hall–Kier alpha value is -2.48. The quantitative estimate of drug-likeness (QED) is 0.740. The van der Waals surface area contributed by atoms with E-state index in [1.54, 1.807) is 36.0 Å². The van der Waals surface area contributed by atoms with Gasteiger partial charge in [0.25, 0.3) is 5.91 Å². The highest BCUT2D eigenvalue weighted by atomic mass is 32.2. The van der Waals surface area contributed by atoms with Gasteiger partial charge in [-0.05, 0) is 18.2 Å². The molecule has 8 heteroatoms. The number of thioether (sulfide) groups is 1. The van der Waals surface area contributed by atoms with Crippen molar-refractivity contribution in [1.29, 1.82) is 0 Å². The molecule has 0 saturated carbocycles. The van der Waals surface area contributed by atoms with Gasteiger partial charge in [-0.25, -0.2) is 4.98 Å². The lowest BCUT2D eigenvalue weighted by atomic mass is 10.2. The summed E-state index contributed by atoms with van der Waals surface area (Å²) >= 11 is 1.71. The Balaban J connectivity index is 1.59. The van der Waals surface area contributed by atoms with Gasteiger partial charge in [0.15, 0.2) is 5.16 Å². The van der Waals surface area contributed by atoms with Crippen LogP contribution in [0.2, 0.25) is 0 Å². The minimum Gasteiger partial charge on any atom is -0.480 e. The van der Waals surface area contributed by atoms with E-state index in [2.05, 4.69) is 20.2 Å². The number of aromatic nitrogens is 2. The molecular weight excluding hydrogens is 316 g/mol. The lowest BCUT2D eigenvalue weighted by molar-refractivity contribution is -0.134. The molecule has 1 aliphatic rings. The van der Waals surface area contributed by atoms with E-state index >= 15 is 0 Å². The van der Waals surface area contributed by atoms with Gasteiger partial charge in [-0.3, -0.25) is 9.59 Å². The molecule has 1 aromatic heterocycles. The van der Waals surface area contributed by atoms with Crippen LogP contribution in [0.1, 0.15) is 16.1 Å². The number of fused-ring (bicyclic) bond motifs is 1. The number of carboxylic acids is 1. The maximum atomic E-state index is 12.2. The molecule has 1 aliphatic heterocycles. The third-order valence-electron chi connectivity index (χ3n) is 3.35. The Morgan fingerprint density at radius 3 is 3.04 bits per heavy atom. The lowest BCUT2D eigenvalue weighted by Crippen LogP contribution is -2.23. The van der Waals surface area contributed by atoms with E-state index < -0.39 is 5.97 Å². The van der Waals surface area contributed by atoms with Crippen LogP contribution in [-0.2, 0) is 17.9 Å². The average molecular weight is 332 g/mol. The van der Waals surface area contributed by atoms with Gasteiger partial charge in [0.2, 0.25) is 0 Å². The number of anilines is 1. The highest BCUT2D eigenvalue weighted by molar-refractivity contribution is 7.99. The van der Waals surface area contributed by atoms with Gasteiger partial charge in [-0.2, -0.15) is 0 Å². The molecule has 1 amide bonds. The highest BCUT2D eigenvalue weighted by Crippen LogP contribution is 2.24. The van der Waals surface area contributed by atoms with Gasteiger partial charge in [-0.15, -0.1) is 0 Å². The van der Waals surface area contributed by atoms with Crippen molar-refractivity contribution in [2.24, 2.45) is 0 Å². The van der Waals surface area contributed by atoms with Crippen molar-refractivity contribution in [1.82, 2.24) is 14.9 Å². The predicted octanol–water partition coefficient (Wildman–Crippen LogP) is 1.42. The molecule has 3 N–H and O–H groups in total. The summed E-state index contributed by atoms with van der Waals surface area (Å²) in [6.45, 7) is 1.13. The molecule has 2 aromatic rings. The molecule has 0 unspecified atom stereocenters. The first-order valence-electron chi connectivity index (χ1n) is 7.14. The second-order valence-corrected chi connectivity index (χ2v) is 6.13. The maximum absolute atomic E-state index is 12.2. The molecule has 1 aromatic carbocycles. The Labute approximate surface area is 137 Å². The number of carbonyl (C=O) groups is 2. The summed E-state index contributed by atoms with van der Waals surface area (Å²) in [4.78, 5) is 27.2. The van der Waals surface area contributed by atoms with E-state index in [0.29, 0.717) is 17.8 Å². The average Bonchev–Trinajstić information content (AvgIpc) is 3.12. The molecule has 0 radical (unpaired) electrons. The smallest absolute Gasteiger partial charge is 0.322 e. The number of benzene rings is 1. The largest absolute Gasteiger partial charge is 0.480 e. The lowest BCUT2D eigenvalue weighted by Gasteiger charge is -2.07. The highest BCUT2D eigenvalue weighted by Gasteiger charge is 2.15. The van der Waals surface area contributed by atoms with Gasteiger partial charge in [0.05, 0.1) is 12.2 Å². The summed E-state index contributed by atoms with van der Waals surface area (Å²) in [6, 6.07) is 6.74. The number of nitrogens with one attached hydrogen (secondary N) is 2. The molecule has 0 spiro atoms. The summed E-state index contributed by atoms with van der Waals surface area (Å²) in [6.07, 6.45) is 1.96. The summed E-state index contributed by atoms with van der Waals surface area (Å²) in [5.74, 6) is -0.124. The van der Waals surface area contributed by atoms with Crippen LogP contribution in [0.15, 0.2) is 35.6 Å². The Morgan fingerprint density at radius 2 is 2.26 bits per heavy atom. The maximum Gasteiger partial charge on any atom is 0.322 e. The van der Waals surface area contributed by atoms with Crippen molar-refractivity contribution in [2.75, 3.05) is 17.6 Å². The SMILES string of the molecule is O=C(O)CNc1cccc(C(=O)NCc2cn3c(n2)SCC3)c1. The molecule has 7 nitrogen and oxygen atoms in total. The van der Waals surface area contributed by atoms with Crippen molar-refractivity contribution in [3.05, 3.63) is 41.7 Å². The van der Waals surface area contributed by atoms with E-state index in [-0.39, 0.29) is 12.5 Å². The van der Waals surface area contributed by atoms with Crippen molar-refractivity contribution < 1.29 is 14.7 Å². The molecule has 120 valence electrons. The van der Waals surface area contributed by atoms with Gasteiger partial charge in [-0.1, -0.05) is 17.8 Å². The number of amides is 1. The predicted molar refractivity (Wildman–Crippen MR) is 86.7 cm³/mol. The molecule has 0 bridgehead atoms. The number of hydrogen-bond donors (Lipinski definition) is 3. The summed E-state index contributed by atoms with van der Waals surface area (Å²) in [7, 11) is 0. The standard InChI is InChI=1S/C15H16N4O3S/c20-13(21)8-16-11-3-1-2-10(6-11)14(22)17-7-12-9-19-4-5-23-15(19)18-12/h1-3,6,9,16H,4-5,7-8H2,(H,17,22)(H,20,21). The number of aliphatic carboxylic acids is 1. The fraction of sp³-hybridized carbons (Fsp3) is 0.267. The van der Waals surface area contributed by atoms with Crippen LogP contribution in [-0.4, -0.2) is 38.8 Å². The first-order valence-corrected chi connectivity index (χ1v) is 8.13. The van der Waals surface area contributed by atoms with E-state index in [1.807, 2.05) is 6.20 Å². The van der Waals surface area contributed by atoms with Crippen LogP contribution in [0.25, 0.3) is 0 Å². The second kappa shape index (κ2) is 6.74. The number of nitrogens with zero attached hydrogens (tertiary/aromatic N) is 2. The molecule has 23 heavy (non-hydrogen) atoms. The molecular formula is C15H16N4O3S. The van der Waals surface area contributed by atoms with Gasteiger partial charge >= 0.3 is 5.97 Å². The van der Waals surface area contributed by atoms with Crippen molar-refractivity contribution in [3.8, 4) is 0 Å². The van der Waals surface area contributed by atoms with Gasteiger partial charge < -0.3 is 20.3 Å². The summed E-state index contributed by atoms with van der Waals surface area (Å²) in [5, 5.41) is 15.2. The number of hydrogen-bond acceptors (Lipinski definition) is 5. The third-order valence-corrected chi connectivity index (χ3v) is 4.32. The molecule has 0 atom stereocenters. The van der Waals surface area contributed by atoms with Crippen molar-refractivity contribution in [3.63, 3.8) is 0 Å². The molecule has 2 heterocycles. The van der Waals surface area contributed by atoms with Gasteiger partial charge in [0.1, 0.15) is 6.54 Å². The first kappa shape index (κ1) is 15.4. The van der Waals surface area contributed by atoms with Crippen LogP contribution in [0.5, 0.6) is 0 Å².